The monoisotopic (exact) mass is 1160 g/mol. The second-order valence-electron chi connectivity index (χ2n) is 25.5. The highest BCUT2D eigenvalue weighted by Gasteiger charge is 2.49. The van der Waals surface area contributed by atoms with Gasteiger partial charge in [0.2, 0.25) is 0 Å². The number of anilines is 6. The van der Waals surface area contributed by atoms with Crippen molar-refractivity contribution < 1.29 is 0 Å². The topological polar surface area (TPSA) is 6.48 Å². The highest BCUT2D eigenvalue weighted by Crippen LogP contribution is 2.59. The third-order valence-electron chi connectivity index (χ3n) is 20.4. The number of hydrogen-bond donors (Lipinski definition) is 0. The van der Waals surface area contributed by atoms with Crippen molar-refractivity contribution in [3.63, 3.8) is 0 Å². The minimum Gasteiger partial charge on any atom is -0.311 e. The number of benzene rings is 13. The van der Waals surface area contributed by atoms with Crippen molar-refractivity contribution in [1.29, 1.82) is 0 Å². The summed E-state index contributed by atoms with van der Waals surface area (Å²) in [5.74, 6) is 0. The predicted molar refractivity (Wildman–Crippen MR) is 375 cm³/mol. The zero-order chi connectivity index (χ0) is 58.9. The molecule has 4 aliphatic rings. The van der Waals surface area contributed by atoms with E-state index >= 15 is 0 Å². The molecule has 4 heteroatoms. The molecule has 0 atom stereocenters. The molecule has 88 heavy (non-hydrogen) atoms. The van der Waals surface area contributed by atoms with E-state index < -0.39 is 27.0 Å². The van der Waals surface area contributed by atoms with Gasteiger partial charge in [-0.2, -0.15) is 0 Å². The standard InChI is InChI=1S/C84H64N2Si2/c1-87(2)79-39-23-21-37-75(79)85(65-47-41-57(42-48-65)59-45-51-69-67-33-17-19-35-71(67)83(73(69)53-59,61-25-9-5-10-26-61)62-27-11-6-12-28-62)77-56-82-78(55-81(77)87)86(76-38-22-24-40-80(76)88(82,3)4)66-49-43-58(44-50-66)60-46-52-70-68-34-18-20-36-72(68)84(74(70)54-60,63-29-13-7-14-30-63)64-31-15-8-16-32-64/h5-56H,1-4H3. The maximum Gasteiger partial charge on any atom is 0.117 e. The summed E-state index contributed by atoms with van der Waals surface area (Å²) in [6.45, 7) is 10.2. The zero-order valence-electron chi connectivity index (χ0n) is 49.9. The maximum atomic E-state index is 2.63. The maximum absolute atomic E-state index is 2.63. The van der Waals surface area contributed by atoms with Gasteiger partial charge in [-0.3, -0.25) is 0 Å². The van der Waals surface area contributed by atoms with Crippen LogP contribution in [0, 0.1) is 0 Å². The molecule has 0 saturated heterocycles. The third kappa shape index (κ3) is 7.40. The van der Waals surface area contributed by atoms with Crippen molar-refractivity contribution >= 4 is 71.0 Å². The Hall–Kier alpha value is -10.1. The summed E-state index contributed by atoms with van der Waals surface area (Å²) in [4.78, 5) is 5.18. The Morgan fingerprint density at radius 3 is 0.886 bits per heavy atom. The highest BCUT2D eigenvalue weighted by atomic mass is 28.3. The van der Waals surface area contributed by atoms with E-state index in [4.69, 9.17) is 0 Å². The van der Waals surface area contributed by atoms with Gasteiger partial charge in [-0.25, -0.2) is 0 Å². The Bertz CT molecular complexity index is 4510. The molecule has 2 heterocycles. The summed E-state index contributed by atoms with van der Waals surface area (Å²) in [6, 6.07) is 120. The van der Waals surface area contributed by atoms with Crippen LogP contribution in [0.2, 0.25) is 26.2 Å². The molecule has 0 aromatic heterocycles. The van der Waals surface area contributed by atoms with E-state index in [0.29, 0.717) is 0 Å². The minimum atomic E-state index is -2.30. The van der Waals surface area contributed by atoms with E-state index in [1.54, 1.807) is 0 Å². The fourth-order valence-electron chi connectivity index (χ4n) is 16.3. The van der Waals surface area contributed by atoms with Gasteiger partial charge in [0.1, 0.15) is 16.1 Å². The molecule has 0 saturated carbocycles. The van der Waals surface area contributed by atoms with Crippen LogP contribution in [0.25, 0.3) is 44.5 Å². The van der Waals surface area contributed by atoms with E-state index in [2.05, 4.69) is 351 Å². The first-order valence-electron chi connectivity index (χ1n) is 31.1. The first kappa shape index (κ1) is 52.2. The summed E-state index contributed by atoms with van der Waals surface area (Å²) < 4.78 is 0. The predicted octanol–water partition coefficient (Wildman–Crippen LogP) is 19.0. The molecule has 13 aromatic rings. The molecule has 17 rings (SSSR count). The van der Waals surface area contributed by atoms with E-state index in [0.717, 1.165) is 0 Å². The lowest BCUT2D eigenvalue weighted by Gasteiger charge is -2.46. The lowest BCUT2D eigenvalue weighted by Crippen LogP contribution is -2.62. The number of rotatable bonds is 8. The normalized spacial score (nSPS) is 15.4. The molecule has 2 aliphatic heterocycles. The first-order valence-corrected chi connectivity index (χ1v) is 37.1. The van der Waals surface area contributed by atoms with Gasteiger partial charge in [0.15, 0.2) is 0 Å². The SMILES string of the molecule is C[Si]1(C)c2ccccc2N(c2ccc(-c3ccc4c(c3)C(c3ccccc3)(c3ccccc3)c3ccccc3-4)cc2)c2cc3c(cc21)N(c1ccc(-c2ccc4c(c2)C(c2ccccc2)(c2ccccc2)c2ccccc2-4)cc1)c1ccccc1[Si]3(C)C. The molecular formula is C84H64N2Si2. The molecule has 0 spiro atoms. The van der Waals surface area contributed by atoms with Crippen molar-refractivity contribution in [2.75, 3.05) is 9.80 Å². The van der Waals surface area contributed by atoms with Crippen molar-refractivity contribution in [2.45, 2.75) is 37.0 Å². The lowest BCUT2D eigenvalue weighted by molar-refractivity contribution is 0.769. The summed E-state index contributed by atoms with van der Waals surface area (Å²) in [7, 11) is -4.61. The van der Waals surface area contributed by atoms with Crippen LogP contribution in [0.15, 0.2) is 315 Å². The lowest BCUT2D eigenvalue weighted by atomic mass is 9.67. The Morgan fingerprint density at radius 2 is 0.523 bits per heavy atom. The average molecular weight is 1160 g/mol. The number of para-hydroxylation sites is 2. The molecule has 418 valence electrons. The molecule has 2 aliphatic carbocycles. The molecule has 0 amide bonds. The molecule has 0 fully saturated rings. The molecule has 0 radical (unpaired) electrons. The van der Waals surface area contributed by atoms with Crippen LogP contribution in [0.5, 0.6) is 0 Å². The Kier molecular flexibility index (Phi) is 11.7. The smallest absolute Gasteiger partial charge is 0.117 e. The summed E-state index contributed by atoms with van der Waals surface area (Å²) in [5, 5.41) is 5.81. The van der Waals surface area contributed by atoms with Crippen molar-refractivity contribution in [3.8, 4) is 44.5 Å². The fourth-order valence-corrected chi connectivity index (χ4v) is 22.2. The van der Waals surface area contributed by atoms with Crippen molar-refractivity contribution in [2.24, 2.45) is 0 Å². The van der Waals surface area contributed by atoms with Crippen LogP contribution in [0.1, 0.15) is 44.5 Å². The molecule has 0 N–H and O–H groups in total. The van der Waals surface area contributed by atoms with Gasteiger partial charge in [-0.1, -0.05) is 281 Å². The summed E-state index contributed by atoms with van der Waals surface area (Å²) >= 11 is 0. The van der Waals surface area contributed by atoms with Crippen LogP contribution >= 0.6 is 0 Å². The van der Waals surface area contributed by atoms with E-state index in [-0.39, 0.29) is 0 Å². The van der Waals surface area contributed by atoms with Crippen LogP contribution in [-0.2, 0) is 10.8 Å². The van der Waals surface area contributed by atoms with Gasteiger partial charge in [-0.15, -0.1) is 0 Å². The van der Waals surface area contributed by atoms with Crippen molar-refractivity contribution in [1.82, 2.24) is 0 Å². The van der Waals surface area contributed by atoms with Gasteiger partial charge in [0, 0.05) is 34.1 Å². The second-order valence-corrected chi connectivity index (χ2v) is 34.2. The highest BCUT2D eigenvalue weighted by molar-refractivity contribution is 7.04. The summed E-state index contributed by atoms with van der Waals surface area (Å²) in [6.07, 6.45) is 0. The Labute approximate surface area is 519 Å². The van der Waals surface area contributed by atoms with Crippen LogP contribution in [0.3, 0.4) is 0 Å². The number of hydrogen-bond acceptors (Lipinski definition) is 2. The van der Waals surface area contributed by atoms with Gasteiger partial charge in [0.25, 0.3) is 0 Å². The molecule has 2 nitrogen and oxygen atoms in total. The van der Waals surface area contributed by atoms with Crippen LogP contribution in [0.4, 0.5) is 34.1 Å². The quantitative estimate of drug-likeness (QED) is 0.140. The molecular weight excluding hydrogens is 1090 g/mol. The van der Waals surface area contributed by atoms with E-state index in [1.807, 2.05) is 0 Å². The largest absolute Gasteiger partial charge is 0.311 e. The van der Waals surface area contributed by atoms with Gasteiger partial charge in [0.05, 0.1) is 10.8 Å². The number of fused-ring (bicyclic) bond motifs is 10. The first-order chi connectivity index (χ1) is 43.2. The number of nitrogens with zero attached hydrogens (tertiary/aromatic N) is 2. The molecule has 0 bridgehead atoms. The summed E-state index contributed by atoms with van der Waals surface area (Å²) in [5.41, 5.74) is 27.0. The van der Waals surface area contributed by atoms with Crippen LogP contribution < -0.4 is 30.5 Å². The van der Waals surface area contributed by atoms with Crippen LogP contribution in [-0.4, -0.2) is 16.1 Å². The fraction of sp³-hybridized carbons (Fsp3) is 0.0714. The zero-order valence-corrected chi connectivity index (χ0v) is 51.9. The van der Waals surface area contributed by atoms with Gasteiger partial charge < -0.3 is 9.80 Å². The minimum absolute atomic E-state index is 0.463. The van der Waals surface area contributed by atoms with E-state index in [9.17, 15) is 0 Å². The van der Waals surface area contributed by atoms with Crippen molar-refractivity contribution in [3.05, 3.63) is 360 Å². The Morgan fingerprint density at radius 1 is 0.227 bits per heavy atom. The van der Waals surface area contributed by atoms with Gasteiger partial charge in [-0.05, 0) is 170 Å². The third-order valence-corrected chi connectivity index (χ3v) is 27.4. The average Bonchev–Trinajstić information content (AvgIpc) is 1.55. The van der Waals surface area contributed by atoms with Gasteiger partial charge >= 0.3 is 0 Å². The Balaban J connectivity index is 0.773. The van der Waals surface area contributed by atoms with E-state index in [1.165, 1.54) is 144 Å². The molecule has 13 aromatic carbocycles. The molecule has 0 unspecified atom stereocenters. The second kappa shape index (κ2) is 19.7.